The Kier molecular flexibility index (Phi) is 5.53. The molecule has 4 nitrogen and oxygen atoms in total. The van der Waals surface area contributed by atoms with Crippen LogP contribution in [0.15, 0.2) is 41.4 Å². The van der Waals surface area contributed by atoms with Crippen LogP contribution in [0.25, 0.3) is 0 Å². The Morgan fingerprint density at radius 3 is 2.73 bits per heavy atom. The first kappa shape index (κ1) is 16.0. The molecule has 2 aromatic rings. The summed E-state index contributed by atoms with van der Waals surface area (Å²) in [5.74, 6) is 1.06. The Balaban J connectivity index is 2.10. The lowest BCUT2D eigenvalue weighted by Gasteiger charge is -2.08. The van der Waals surface area contributed by atoms with Crippen molar-refractivity contribution in [2.45, 2.75) is 40.0 Å². The maximum Gasteiger partial charge on any atom is 0.199 e. The summed E-state index contributed by atoms with van der Waals surface area (Å²) in [5, 5.41) is 3.02. The zero-order valence-corrected chi connectivity index (χ0v) is 13.6. The number of guanidine groups is 1. The van der Waals surface area contributed by atoms with Gasteiger partial charge in [-0.25, -0.2) is 9.98 Å². The first-order valence-electron chi connectivity index (χ1n) is 7.73. The van der Waals surface area contributed by atoms with Crippen LogP contribution in [0.5, 0.6) is 0 Å². The third-order valence-electron chi connectivity index (χ3n) is 3.47. The van der Waals surface area contributed by atoms with Crippen LogP contribution in [0.2, 0.25) is 0 Å². The molecule has 2 rings (SSSR count). The van der Waals surface area contributed by atoms with Crippen LogP contribution >= 0.6 is 0 Å². The quantitative estimate of drug-likeness (QED) is 0.645. The van der Waals surface area contributed by atoms with Gasteiger partial charge in [0, 0.05) is 5.69 Å². The molecule has 4 heteroatoms. The maximum atomic E-state index is 5.97. The van der Waals surface area contributed by atoms with Crippen molar-refractivity contribution >= 4 is 17.5 Å². The number of hydrogen-bond acceptors (Lipinski definition) is 2. The van der Waals surface area contributed by atoms with Crippen molar-refractivity contribution in [2.24, 2.45) is 10.7 Å². The molecule has 22 heavy (non-hydrogen) atoms. The molecular weight excluding hydrogens is 272 g/mol. The zero-order chi connectivity index (χ0) is 15.9. The van der Waals surface area contributed by atoms with Crippen LogP contribution in [-0.2, 0) is 6.42 Å². The number of pyridine rings is 1. The number of aryl methyl sites for hydroxylation is 3. The van der Waals surface area contributed by atoms with Crippen LogP contribution in [0.1, 0.15) is 36.6 Å². The van der Waals surface area contributed by atoms with E-state index in [-0.39, 0.29) is 0 Å². The monoisotopic (exact) mass is 296 g/mol. The molecule has 1 heterocycles. The van der Waals surface area contributed by atoms with Gasteiger partial charge >= 0.3 is 0 Å². The maximum absolute atomic E-state index is 5.97. The molecule has 0 radical (unpaired) electrons. The van der Waals surface area contributed by atoms with E-state index < -0.39 is 0 Å². The molecule has 0 atom stereocenters. The Morgan fingerprint density at radius 2 is 2.05 bits per heavy atom. The van der Waals surface area contributed by atoms with Gasteiger partial charge in [-0.3, -0.25) is 0 Å². The average Bonchev–Trinajstić information content (AvgIpc) is 2.47. The lowest BCUT2D eigenvalue weighted by Crippen LogP contribution is -2.22. The third-order valence-corrected chi connectivity index (χ3v) is 3.47. The number of nitrogens with two attached hydrogens (primary N) is 1. The van der Waals surface area contributed by atoms with E-state index in [1.807, 2.05) is 31.2 Å². The molecule has 0 aliphatic carbocycles. The lowest BCUT2D eigenvalue weighted by molar-refractivity contribution is 0.794. The summed E-state index contributed by atoms with van der Waals surface area (Å²) in [4.78, 5) is 8.80. The van der Waals surface area contributed by atoms with Gasteiger partial charge in [-0.2, -0.15) is 0 Å². The minimum Gasteiger partial charge on any atom is -0.369 e. The second kappa shape index (κ2) is 7.59. The van der Waals surface area contributed by atoms with Gasteiger partial charge in [0.2, 0.25) is 0 Å². The average molecular weight is 296 g/mol. The van der Waals surface area contributed by atoms with Gasteiger partial charge in [0.1, 0.15) is 5.82 Å². The molecule has 0 fully saturated rings. The van der Waals surface area contributed by atoms with Crippen molar-refractivity contribution in [3.05, 3.63) is 53.2 Å². The van der Waals surface area contributed by atoms with E-state index in [2.05, 4.69) is 41.3 Å². The molecule has 0 spiro atoms. The van der Waals surface area contributed by atoms with Crippen LogP contribution in [0.3, 0.4) is 0 Å². The summed E-state index contributed by atoms with van der Waals surface area (Å²) in [6, 6.07) is 12.1. The van der Waals surface area contributed by atoms with Crippen LogP contribution in [0.4, 0.5) is 11.5 Å². The van der Waals surface area contributed by atoms with Crippen molar-refractivity contribution in [1.29, 1.82) is 0 Å². The molecule has 0 saturated carbocycles. The number of unbranched alkanes of at least 4 members (excludes halogenated alkanes) is 1. The zero-order valence-electron chi connectivity index (χ0n) is 13.6. The van der Waals surface area contributed by atoms with Crippen molar-refractivity contribution in [1.82, 2.24) is 4.98 Å². The van der Waals surface area contributed by atoms with E-state index in [4.69, 9.17) is 5.73 Å². The predicted molar refractivity (Wildman–Crippen MR) is 93.7 cm³/mol. The molecule has 116 valence electrons. The number of aliphatic imine (C=N–C) groups is 1. The van der Waals surface area contributed by atoms with E-state index in [0.29, 0.717) is 11.8 Å². The number of aromatic nitrogens is 1. The number of anilines is 1. The second-order valence-electron chi connectivity index (χ2n) is 5.51. The van der Waals surface area contributed by atoms with E-state index in [1.165, 1.54) is 18.4 Å². The van der Waals surface area contributed by atoms with E-state index in [1.54, 1.807) is 0 Å². The fourth-order valence-electron chi connectivity index (χ4n) is 2.28. The highest BCUT2D eigenvalue weighted by atomic mass is 15.1. The molecule has 0 aliphatic rings. The Morgan fingerprint density at radius 1 is 1.23 bits per heavy atom. The smallest absolute Gasteiger partial charge is 0.199 e. The van der Waals surface area contributed by atoms with Gasteiger partial charge in [0.25, 0.3) is 0 Å². The van der Waals surface area contributed by atoms with Crippen molar-refractivity contribution < 1.29 is 0 Å². The largest absolute Gasteiger partial charge is 0.369 e. The van der Waals surface area contributed by atoms with Gasteiger partial charge in [-0.15, -0.1) is 0 Å². The van der Waals surface area contributed by atoms with Gasteiger partial charge in [0.05, 0.1) is 5.69 Å². The van der Waals surface area contributed by atoms with Crippen LogP contribution in [0, 0.1) is 13.8 Å². The third kappa shape index (κ3) is 4.58. The Labute approximate surface area is 132 Å². The standard InChI is InChI=1S/C18H24N4/c1-4-5-8-15-10-11-16(13(2)12-15)21-18(19)22-17-9-6-7-14(3)20-17/h6-7,9-12H,4-5,8H2,1-3H3,(H3,19,20,21,22). The fourth-order valence-corrected chi connectivity index (χ4v) is 2.28. The second-order valence-corrected chi connectivity index (χ2v) is 5.51. The first-order chi connectivity index (χ1) is 10.6. The molecule has 0 bridgehead atoms. The number of nitrogens with one attached hydrogen (secondary N) is 1. The van der Waals surface area contributed by atoms with Crippen LogP contribution in [-0.4, -0.2) is 10.9 Å². The van der Waals surface area contributed by atoms with Gasteiger partial charge in [0.15, 0.2) is 5.96 Å². The van der Waals surface area contributed by atoms with Crippen molar-refractivity contribution in [3.63, 3.8) is 0 Å². The Bertz CT molecular complexity index is 662. The lowest BCUT2D eigenvalue weighted by atomic mass is 10.0. The molecule has 1 aromatic carbocycles. The number of nitrogens with zero attached hydrogens (tertiary/aromatic N) is 2. The number of rotatable bonds is 5. The summed E-state index contributed by atoms with van der Waals surface area (Å²) in [6.07, 6.45) is 3.53. The molecule has 0 amide bonds. The molecule has 3 N–H and O–H groups in total. The molecule has 0 aliphatic heterocycles. The van der Waals surface area contributed by atoms with Gasteiger partial charge in [-0.1, -0.05) is 31.5 Å². The topological polar surface area (TPSA) is 63.3 Å². The number of hydrogen-bond donors (Lipinski definition) is 2. The summed E-state index contributed by atoms with van der Waals surface area (Å²) in [7, 11) is 0. The molecule has 0 unspecified atom stereocenters. The molecule has 0 saturated heterocycles. The highest BCUT2D eigenvalue weighted by molar-refractivity contribution is 5.93. The predicted octanol–water partition coefficient (Wildman–Crippen LogP) is 4.10. The highest BCUT2D eigenvalue weighted by Crippen LogP contribution is 2.21. The Hall–Kier alpha value is -2.36. The summed E-state index contributed by atoms with van der Waals surface area (Å²) >= 11 is 0. The molecule has 1 aromatic heterocycles. The van der Waals surface area contributed by atoms with Crippen molar-refractivity contribution in [3.8, 4) is 0 Å². The van der Waals surface area contributed by atoms with E-state index >= 15 is 0 Å². The number of benzene rings is 1. The van der Waals surface area contributed by atoms with Crippen molar-refractivity contribution in [2.75, 3.05) is 5.32 Å². The summed E-state index contributed by atoms with van der Waals surface area (Å²) in [5.41, 5.74) is 10.3. The normalized spacial score (nSPS) is 11.5. The fraction of sp³-hybridized carbons (Fsp3) is 0.333. The van der Waals surface area contributed by atoms with Gasteiger partial charge in [-0.05, 0) is 56.0 Å². The summed E-state index contributed by atoms with van der Waals surface area (Å²) < 4.78 is 0. The van der Waals surface area contributed by atoms with Gasteiger partial charge < -0.3 is 11.1 Å². The van der Waals surface area contributed by atoms with E-state index in [0.717, 1.165) is 23.4 Å². The minimum atomic E-state index is 0.350. The highest BCUT2D eigenvalue weighted by Gasteiger charge is 2.02. The SMILES string of the molecule is CCCCc1ccc(N=C(N)Nc2cccc(C)n2)c(C)c1. The summed E-state index contributed by atoms with van der Waals surface area (Å²) in [6.45, 7) is 6.21. The van der Waals surface area contributed by atoms with E-state index in [9.17, 15) is 0 Å². The minimum absolute atomic E-state index is 0.350. The van der Waals surface area contributed by atoms with Crippen LogP contribution < -0.4 is 11.1 Å². The first-order valence-corrected chi connectivity index (χ1v) is 7.73. The molecular formula is C18H24N4.